The molecule has 7 atom stereocenters. The predicted molar refractivity (Wildman–Crippen MR) is 281 cm³/mol. The summed E-state index contributed by atoms with van der Waals surface area (Å²) in [5, 5.41) is 54.7. The van der Waals surface area contributed by atoms with Gasteiger partial charge in [-0.2, -0.15) is 0 Å². The van der Waals surface area contributed by atoms with Gasteiger partial charge < -0.3 is 40.3 Å². The third-order valence-corrected chi connectivity index (χ3v) is 14.4. The van der Waals surface area contributed by atoms with Crippen LogP contribution in [0.5, 0.6) is 0 Å². The number of carbonyl (C=O) groups excluding carboxylic acids is 1. The number of hydrogen-bond acceptors (Lipinski definition) is 8. The average Bonchev–Trinajstić information content (AvgIpc) is 3.33. The number of amides is 1. The normalized spacial score (nSPS) is 19.7. The van der Waals surface area contributed by atoms with Gasteiger partial charge in [0.05, 0.1) is 25.4 Å². The Hall–Kier alpha value is -1.07. The van der Waals surface area contributed by atoms with Crippen molar-refractivity contribution in [2.75, 3.05) is 13.2 Å². The molecule has 0 radical (unpaired) electrons. The molecule has 398 valence electrons. The highest BCUT2D eigenvalue weighted by molar-refractivity contribution is 5.76. The van der Waals surface area contributed by atoms with Crippen molar-refractivity contribution in [1.82, 2.24) is 5.32 Å². The van der Waals surface area contributed by atoms with Crippen molar-refractivity contribution in [3.05, 3.63) is 12.2 Å². The molecule has 1 saturated heterocycles. The summed E-state index contributed by atoms with van der Waals surface area (Å²) in [5.41, 5.74) is 0. The van der Waals surface area contributed by atoms with Gasteiger partial charge in [-0.05, 0) is 38.5 Å². The molecule has 1 heterocycles. The van der Waals surface area contributed by atoms with Crippen LogP contribution in [0, 0.1) is 0 Å². The fraction of sp³-hybridized carbons (Fsp3) is 0.948. The summed E-state index contributed by atoms with van der Waals surface area (Å²) in [7, 11) is 0. The second-order valence-corrected chi connectivity index (χ2v) is 20.8. The fourth-order valence-corrected chi connectivity index (χ4v) is 9.69. The van der Waals surface area contributed by atoms with Crippen LogP contribution in [0.15, 0.2) is 12.2 Å². The Kier molecular flexibility index (Phi) is 46.3. The minimum Gasteiger partial charge on any atom is -0.394 e. The Morgan fingerprint density at radius 3 is 1.21 bits per heavy atom. The maximum atomic E-state index is 13.1. The van der Waals surface area contributed by atoms with Gasteiger partial charge in [0.15, 0.2) is 6.29 Å². The van der Waals surface area contributed by atoms with E-state index < -0.39 is 49.5 Å². The van der Waals surface area contributed by atoms with Gasteiger partial charge in [0.25, 0.3) is 0 Å². The highest BCUT2D eigenvalue weighted by atomic mass is 16.7. The smallest absolute Gasteiger partial charge is 0.220 e. The Bertz CT molecular complexity index is 1060. The first-order valence-electron chi connectivity index (χ1n) is 29.4. The first kappa shape index (κ1) is 63.9. The average molecular weight is 953 g/mol. The molecule has 9 nitrogen and oxygen atoms in total. The van der Waals surface area contributed by atoms with E-state index in [0.717, 1.165) is 38.5 Å². The predicted octanol–water partition coefficient (Wildman–Crippen LogP) is 14.4. The van der Waals surface area contributed by atoms with Gasteiger partial charge in [0.1, 0.15) is 24.4 Å². The van der Waals surface area contributed by atoms with E-state index in [4.69, 9.17) is 9.47 Å². The van der Waals surface area contributed by atoms with Crippen LogP contribution in [0.25, 0.3) is 0 Å². The van der Waals surface area contributed by atoms with Crippen LogP contribution < -0.4 is 5.32 Å². The number of aliphatic hydroxyl groups excluding tert-OH is 5. The second kappa shape index (κ2) is 48.6. The number of aliphatic hydroxyl groups is 5. The first-order valence-corrected chi connectivity index (χ1v) is 29.4. The van der Waals surface area contributed by atoms with Gasteiger partial charge in [-0.3, -0.25) is 4.79 Å². The number of hydrogen-bond donors (Lipinski definition) is 6. The third kappa shape index (κ3) is 38.3. The summed E-state index contributed by atoms with van der Waals surface area (Å²) >= 11 is 0. The molecule has 0 bridgehead atoms. The van der Waals surface area contributed by atoms with Gasteiger partial charge in [-0.15, -0.1) is 0 Å². The lowest BCUT2D eigenvalue weighted by molar-refractivity contribution is -0.302. The van der Waals surface area contributed by atoms with Gasteiger partial charge in [-0.1, -0.05) is 264 Å². The zero-order valence-corrected chi connectivity index (χ0v) is 44.2. The summed E-state index contributed by atoms with van der Waals surface area (Å²) in [5.74, 6) is -0.141. The van der Waals surface area contributed by atoms with E-state index in [0.29, 0.717) is 12.8 Å². The van der Waals surface area contributed by atoms with Crippen molar-refractivity contribution >= 4 is 5.91 Å². The van der Waals surface area contributed by atoms with Crippen molar-refractivity contribution in [2.45, 2.75) is 339 Å². The number of allylic oxidation sites excluding steroid dienone is 2. The van der Waals surface area contributed by atoms with Crippen LogP contribution in [-0.4, -0.2) is 87.5 Å². The van der Waals surface area contributed by atoms with Crippen molar-refractivity contribution in [2.24, 2.45) is 0 Å². The molecule has 67 heavy (non-hydrogen) atoms. The lowest BCUT2D eigenvalue weighted by atomic mass is 9.99. The first-order chi connectivity index (χ1) is 32.8. The summed E-state index contributed by atoms with van der Waals surface area (Å²) in [6.07, 6.45) is 52.4. The summed E-state index contributed by atoms with van der Waals surface area (Å²) < 4.78 is 11.3. The largest absolute Gasteiger partial charge is 0.394 e. The molecule has 1 rings (SSSR count). The number of ether oxygens (including phenoxy) is 2. The molecule has 0 saturated carbocycles. The molecule has 1 fully saturated rings. The number of rotatable bonds is 51. The van der Waals surface area contributed by atoms with E-state index in [1.165, 1.54) is 231 Å². The van der Waals surface area contributed by atoms with E-state index in [-0.39, 0.29) is 12.5 Å². The lowest BCUT2D eigenvalue weighted by Crippen LogP contribution is -2.60. The van der Waals surface area contributed by atoms with Gasteiger partial charge >= 0.3 is 0 Å². The van der Waals surface area contributed by atoms with Crippen molar-refractivity contribution in [3.63, 3.8) is 0 Å². The maximum absolute atomic E-state index is 13.1. The van der Waals surface area contributed by atoms with Crippen molar-refractivity contribution < 1.29 is 39.8 Å². The Balaban J connectivity index is 2.19. The third-order valence-electron chi connectivity index (χ3n) is 14.4. The molecule has 7 unspecified atom stereocenters. The Morgan fingerprint density at radius 2 is 0.836 bits per heavy atom. The van der Waals surface area contributed by atoms with Gasteiger partial charge in [0, 0.05) is 6.42 Å². The highest BCUT2D eigenvalue weighted by Crippen LogP contribution is 2.23. The highest BCUT2D eigenvalue weighted by Gasteiger charge is 2.44. The molecule has 1 aliphatic heterocycles. The standard InChI is InChI=1S/C58H113NO8/c1-3-5-7-9-11-13-15-17-19-21-23-24-25-26-27-28-30-32-34-36-38-40-42-44-46-48-54(62)59-51(50-66-58-57(65)56(64)55(63)53(49-60)67-58)52(61)47-45-43-41-39-37-35-33-31-29-22-20-18-16-14-12-10-8-6-4-2/h26-27,51-53,55-58,60-61,63-65H,3-25,28-50H2,1-2H3,(H,59,62)/b27-26-. The molecule has 0 aliphatic carbocycles. The zero-order chi connectivity index (χ0) is 48.7. The number of nitrogens with one attached hydrogen (secondary N) is 1. The second-order valence-electron chi connectivity index (χ2n) is 20.8. The SMILES string of the molecule is CCCCCCCCCCCCCC/C=C\CCCCCCCCCCCC(=O)NC(COC1OC(CO)C(O)C(O)C1O)C(O)CCCCCCCCCCCCCCCCCCCCC. The van der Waals surface area contributed by atoms with Gasteiger partial charge in [0.2, 0.25) is 5.91 Å². The van der Waals surface area contributed by atoms with E-state index in [1.54, 1.807) is 0 Å². The minimum absolute atomic E-state index is 0.134. The Labute approximate surface area is 414 Å². The molecular formula is C58H113NO8. The number of unbranched alkanes of at least 4 members (excludes halogenated alkanes) is 39. The number of carbonyl (C=O) groups is 1. The Morgan fingerprint density at radius 1 is 0.493 bits per heavy atom. The monoisotopic (exact) mass is 952 g/mol. The topological polar surface area (TPSA) is 149 Å². The molecular weight excluding hydrogens is 839 g/mol. The van der Waals surface area contributed by atoms with Crippen molar-refractivity contribution in [1.29, 1.82) is 0 Å². The molecule has 0 aromatic heterocycles. The molecule has 1 aliphatic rings. The summed E-state index contributed by atoms with van der Waals surface area (Å²) in [6.45, 7) is 3.88. The molecule has 1 amide bonds. The van der Waals surface area contributed by atoms with E-state index in [2.05, 4.69) is 31.3 Å². The van der Waals surface area contributed by atoms with E-state index in [1.807, 2.05) is 0 Å². The minimum atomic E-state index is -1.55. The molecule has 6 N–H and O–H groups in total. The van der Waals surface area contributed by atoms with Crippen LogP contribution >= 0.6 is 0 Å². The summed E-state index contributed by atoms with van der Waals surface area (Å²) in [4.78, 5) is 13.1. The van der Waals surface area contributed by atoms with E-state index in [9.17, 15) is 30.3 Å². The van der Waals surface area contributed by atoms with Crippen molar-refractivity contribution in [3.8, 4) is 0 Å². The van der Waals surface area contributed by atoms with Crippen LogP contribution in [0.4, 0.5) is 0 Å². The van der Waals surface area contributed by atoms with Gasteiger partial charge in [-0.25, -0.2) is 0 Å². The quantitative estimate of drug-likeness (QED) is 0.0261. The van der Waals surface area contributed by atoms with Crippen LogP contribution in [0.1, 0.15) is 296 Å². The molecule has 0 aromatic carbocycles. The zero-order valence-electron chi connectivity index (χ0n) is 44.2. The lowest BCUT2D eigenvalue weighted by Gasteiger charge is -2.40. The maximum Gasteiger partial charge on any atom is 0.220 e. The van der Waals surface area contributed by atoms with Crippen LogP contribution in [-0.2, 0) is 14.3 Å². The summed E-state index contributed by atoms with van der Waals surface area (Å²) in [6, 6.07) is -0.717. The fourth-order valence-electron chi connectivity index (χ4n) is 9.69. The van der Waals surface area contributed by atoms with Crippen LogP contribution in [0.3, 0.4) is 0 Å². The molecule has 0 aromatic rings. The molecule has 9 heteroatoms. The van der Waals surface area contributed by atoms with E-state index >= 15 is 0 Å². The van der Waals surface area contributed by atoms with Crippen LogP contribution in [0.2, 0.25) is 0 Å². The molecule has 0 spiro atoms.